The summed E-state index contributed by atoms with van der Waals surface area (Å²) in [5.41, 5.74) is 1.28. The number of hydrogen-bond donors (Lipinski definition) is 1. The molecule has 0 saturated carbocycles. The molecule has 0 aromatic carbocycles. The van der Waals surface area contributed by atoms with E-state index in [1.807, 2.05) is 0 Å². The molecule has 29 heavy (non-hydrogen) atoms. The Morgan fingerprint density at radius 3 is 2.72 bits per heavy atom. The summed E-state index contributed by atoms with van der Waals surface area (Å²) in [6, 6.07) is 0. The summed E-state index contributed by atoms with van der Waals surface area (Å²) in [6.07, 6.45) is -2.11. The van der Waals surface area contributed by atoms with Crippen LogP contribution in [0.5, 0.6) is 0 Å². The lowest BCUT2D eigenvalue weighted by Crippen LogP contribution is -2.17. The van der Waals surface area contributed by atoms with Crippen molar-refractivity contribution in [1.82, 2.24) is 14.8 Å². The van der Waals surface area contributed by atoms with Crippen LogP contribution in [-0.2, 0) is 35.6 Å². The Labute approximate surface area is 173 Å². The van der Waals surface area contributed by atoms with Gasteiger partial charge in [0.1, 0.15) is 5.00 Å². The highest BCUT2D eigenvalue weighted by molar-refractivity contribution is 7.99. The molecule has 1 atom stereocenters. The third-order valence-corrected chi connectivity index (χ3v) is 6.76. The van der Waals surface area contributed by atoms with Crippen LogP contribution in [-0.4, -0.2) is 39.5 Å². The minimum atomic E-state index is -4.62. The molecular weight excluding hydrogens is 429 g/mol. The topological polar surface area (TPSA) is 86.1 Å². The number of thioether (sulfide) groups is 1. The van der Waals surface area contributed by atoms with Crippen LogP contribution in [0.3, 0.4) is 0 Å². The third kappa shape index (κ3) is 4.58. The fraction of sp³-hybridized carbons (Fsp3) is 0.529. The van der Waals surface area contributed by atoms with Gasteiger partial charge in [-0.2, -0.15) is 13.2 Å². The number of carbonyl (C=O) groups excluding carboxylic acids is 2. The van der Waals surface area contributed by atoms with Gasteiger partial charge in [-0.1, -0.05) is 18.7 Å². The number of rotatable bonds is 5. The molecular formula is C17H19F3N4O3S2. The lowest BCUT2D eigenvalue weighted by molar-refractivity contribution is -0.147. The minimum absolute atomic E-state index is 0.0278. The van der Waals surface area contributed by atoms with E-state index in [1.54, 1.807) is 0 Å². The monoisotopic (exact) mass is 448 g/mol. The third-order valence-electron chi connectivity index (χ3n) is 4.57. The van der Waals surface area contributed by atoms with Gasteiger partial charge in [-0.05, 0) is 30.7 Å². The van der Waals surface area contributed by atoms with Crippen molar-refractivity contribution in [2.45, 2.75) is 37.5 Å². The number of halogens is 3. The molecule has 2 aromatic rings. The first-order valence-electron chi connectivity index (χ1n) is 8.73. The second-order valence-corrected chi connectivity index (χ2v) is 8.79. The van der Waals surface area contributed by atoms with Gasteiger partial charge < -0.3 is 14.6 Å². The van der Waals surface area contributed by atoms with Crippen LogP contribution in [0.25, 0.3) is 0 Å². The second-order valence-electron chi connectivity index (χ2n) is 6.75. The predicted octanol–water partition coefficient (Wildman–Crippen LogP) is 3.54. The molecule has 2 heterocycles. The molecule has 1 aliphatic rings. The largest absolute Gasteiger partial charge is 0.465 e. The molecule has 0 saturated heterocycles. The first-order chi connectivity index (χ1) is 13.6. The average Bonchev–Trinajstić information content (AvgIpc) is 3.18. The van der Waals surface area contributed by atoms with Gasteiger partial charge in [0, 0.05) is 11.9 Å². The summed E-state index contributed by atoms with van der Waals surface area (Å²) < 4.78 is 44.0. The first kappa shape index (κ1) is 21.6. The number of esters is 1. The molecule has 0 spiro atoms. The molecule has 0 bridgehead atoms. The molecule has 0 fully saturated rings. The highest BCUT2D eigenvalue weighted by atomic mass is 32.2. The van der Waals surface area contributed by atoms with Gasteiger partial charge in [-0.3, -0.25) is 4.79 Å². The summed E-state index contributed by atoms with van der Waals surface area (Å²) in [5.74, 6) is -1.78. The highest BCUT2D eigenvalue weighted by Crippen LogP contribution is 2.40. The lowest BCUT2D eigenvalue weighted by atomic mass is 9.88. The number of hydrogen-bond acceptors (Lipinski definition) is 7. The van der Waals surface area contributed by atoms with Crippen LogP contribution < -0.4 is 5.32 Å². The van der Waals surface area contributed by atoms with Crippen LogP contribution in [0.15, 0.2) is 5.16 Å². The van der Waals surface area contributed by atoms with Crippen LogP contribution in [0.2, 0.25) is 0 Å². The Bertz CT molecular complexity index is 939. The van der Waals surface area contributed by atoms with Crippen LogP contribution >= 0.6 is 23.1 Å². The number of ether oxygens (including phenoxy) is 1. The maximum atomic E-state index is 12.8. The van der Waals surface area contributed by atoms with Crippen molar-refractivity contribution in [3.05, 3.63) is 21.8 Å². The Hall–Kier alpha value is -2.08. The van der Waals surface area contributed by atoms with Crippen molar-refractivity contribution >= 4 is 40.0 Å². The van der Waals surface area contributed by atoms with Gasteiger partial charge >= 0.3 is 12.1 Å². The van der Waals surface area contributed by atoms with Crippen LogP contribution in [0.1, 0.15) is 40.0 Å². The van der Waals surface area contributed by atoms with Gasteiger partial charge in [-0.25, -0.2) is 4.79 Å². The Morgan fingerprint density at radius 2 is 2.10 bits per heavy atom. The molecule has 3 rings (SSSR count). The highest BCUT2D eigenvalue weighted by Gasteiger charge is 2.37. The molecule has 1 unspecified atom stereocenters. The van der Waals surface area contributed by atoms with Crippen LogP contribution in [0.4, 0.5) is 18.2 Å². The molecule has 2 aromatic heterocycles. The van der Waals surface area contributed by atoms with E-state index in [2.05, 4.69) is 22.4 Å². The van der Waals surface area contributed by atoms with E-state index >= 15 is 0 Å². The van der Waals surface area contributed by atoms with Gasteiger partial charge in [0.2, 0.25) is 11.7 Å². The van der Waals surface area contributed by atoms with Crippen molar-refractivity contribution in [3.8, 4) is 0 Å². The Kier molecular flexibility index (Phi) is 6.22. The number of fused-ring (bicyclic) bond motifs is 1. The number of aromatic nitrogens is 3. The first-order valence-corrected chi connectivity index (χ1v) is 10.5. The summed E-state index contributed by atoms with van der Waals surface area (Å²) in [4.78, 5) is 25.7. The number of amides is 1. The molecule has 0 aliphatic heterocycles. The molecule has 1 N–H and O–H groups in total. The molecule has 1 aliphatic carbocycles. The zero-order chi connectivity index (χ0) is 21.3. The fourth-order valence-electron chi connectivity index (χ4n) is 3.14. The molecule has 158 valence electrons. The van der Waals surface area contributed by atoms with E-state index in [0.29, 0.717) is 16.5 Å². The molecule has 0 radical (unpaired) electrons. The summed E-state index contributed by atoms with van der Waals surface area (Å²) >= 11 is 2.18. The van der Waals surface area contributed by atoms with Crippen molar-refractivity contribution in [2.24, 2.45) is 13.0 Å². The predicted molar refractivity (Wildman–Crippen MR) is 102 cm³/mol. The van der Waals surface area contributed by atoms with Crippen LogP contribution in [0, 0.1) is 5.92 Å². The molecule has 1 amide bonds. The quantitative estimate of drug-likeness (QED) is 0.556. The standard InChI is InChI=1S/C17H19F3N4O3S2/c1-8-4-5-9-10(6-8)29-13(12(9)14(26)27-3)21-11(25)7-28-16-23-22-15(24(16)2)17(18,19)20/h8H,4-7H2,1-3H3,(H,21,25). The smallest absolute Gasteiger partial charge is 0.451 e. The number of methoxy groups -OCH3 is 1. The normalized spacial score (nSPS) is 16.4. The van der Waals surface area contributed by atoms with Gasteiger partial charge in [0.25, 0.3) is 0 Å². The number of alkyl halides is 3. The van der Waals surface area contributed by atoms with Crippen molar-refractivity contribution in [1.29, 1.82) is 0 Å². The summed E-state index contributed by atoms with van der Waals surface area (Å²) in [7, 11) is 2.47. The second kappa shape index (κ2) is 8.34. The van der Waals surface area contributed by atoms with E-state index in [4.69, 9.17) is 4.74 Å². The number of thiophene rings is 1. The maximum absolute atomic E-state index is 12.8. The lowest BCUT2D eigenvalue weighted by Gasteiger charge is -2.18. The number of carbonyl (C=O) groups is 2. The maximum Gasteiger partial charge on any atom is 0.451 e. The van der Waals surface area contributed by atoms with Gasteiger partial charge in [0.05, 0.1) is 18.4 Å². The van der Waals surface area contributed by atoms with Crippen molar-refractivity contribution < 1.29 is 27.5 Å². The SMILES string of the molecule is COC(=O)c1c(NC(=O)CSc2nnc(C(F)(F)F)n2C)sc2c1CCC(C)C2. The Balaban J connectivity index is 1.73. The minimum Gasteiger partial charge on any atom is -0.465 e. The summed E-state index contributed by atoms with van der Waals surface area (Å²) in [6.45, 7) is 2.13. The summed E-state index contributed by atoms with van der Waals surface area (Å²) in [5, 5.41) is 9.70. The van der Waals surface area contributed by atoms with E-state index in [0.717, 1.165) is 46.0 Å². The molecule has 7 nitrogen and oxygen atoms in total. The van der Waals surface area contributed by atoms with E-state index in [9.17, 15) is 22.8 Å². The number of nitrogens with one attached hydrogen (secondary N) is 1. The van der Waals surface area contributed by atoms with E-state index < -0.39 is 23.9 Å². The van der Waals surface area contributed by atoms with Gasteiger partial charge in [-0.15, -0.1) is 21.5 Å². The number of anilines is 1. The average molecular weight is 448 g/mol. The number of nitrogens with zero attached hydrogens (tertiary/aromatic N) is 3. The van der Waals surface area contributed by atoms with E-state index in [-0.39, 0.29) is 10.9 Å². The van der Waals surface area contributed by atoms with Crippen molar-refractivity contribution in [3.63, 3.8) is 0 Å². The Morgan fingerprint density at radius 1 is 1.38 bits per heavy atom. The zero-order valence-electron chi connectivity index (χ0n) is 15.9. The fourth-order valence-corrected chi connectivity index (χ4v) is 5.26. The van der Waals surface area contributed by atoms with Gasteiger partial charge in [0.15, 0.2) is 5.16 Å². The van der Waals surface area contributed by atoms with Crippen molar-refractivity contribution in [2.75, 3.05) is 18.2 Å². The zero-order valence-corrected chi connectivity index (χ0v) is 17.6. The van der Waals surface area contributed by atoms with E-state index in [1.165, 1.54) is 25.5 Å². The molecule has 12 heteroatoms.